The fraction of sp³-hybridized carbons (Fsp3) is 0.652. The van der Waals surface area contributed by atoms with E-state index in [1.54, 1.807) is 48.1 Å². The van der Waals surface area contributed by atoms with Crippen molar-refractivity contribution in [2.24, 2.45) is 59.3 Å². The van der Waals surface area contributed by atoms with Gasteiger partial charge in [0, 0.05) is 76.0 Å². The normalized spacial score (nSPS) is 27.2. The molecule has 8 aliphatic rings. The zero-order chi connectivity index (χ0) is 61.9. The lowest BCUT2D eigenvalue weighted by atomic mass is 9.60. The smallest absolute Gasteiger partial charge is 0.270 e. The Morgan fingerprint density at radius 2 is 1.23 bits per heavy atom. The van der Waals surface area contributed by atoms with Crippen LogP contribution in [0.15, 0.2) is 73.1 Å². The third-order valence-electron chi connectivity index (χ3n) is 23.6. The third kappa shape index (κ3) is 12.2. The number of carbonyl (C=O) groups excluding carboxylic acids is 6. The maximum absolute atomic E-state index is 15.2. The molecular weight excluding hydrogens is 1110 g/mol. The maximum atomic E-state index is 15.2. The fourth-order valence-electron chi connectivity index (χ4n) is 16.5. The first-order valence-electron chi connectivity index (χ1n) is 33.3. The third-order valence-corrected chi connectivity index (χ3v) is 23.6. The highest BCUT2D eigenvalue weighted by Gasteiger charge is 2.58. The van der Waals surface area contributed by atoms with E-state index >= 15 is 14.4 Å². The Morgan fingerprint density at radius 3 is 1.78 bits per heavy atom. The van der Waals surface area contributed by atoms with Crippen LogP contribution in [-0.2, 0) is 43.6 Å². The van der Waals surface area contributed by atoms with Crippen LogP contribution in [0.1, 0.15) is 176 Å². The average Bonchev–Trinajstić information content (AvgIpc) is 2.16. The summed E-state index contributed by atoms with van der Waals surface area (Å²) in [4.78, 5) is 90.8. The second-order valence-corrected chi connectivity index (χ2v) is 29.2. The molecule has 8 unspecified atom stereocenters. The number of nitrogens with one attached hydrogen (secondary N) is 6. The molecule has 2 saturated heterocycles. The van der Waals surface area contributed by atoms with Gasteiger partial charge in [-0.25, -0.2) is 0 Å². The van der Waals surface area contributed by atoms with Crippen molar-refractivity contribution < 1.29 is 33.9 Å². The minimum absolute atomic E-state index is 0.00667. The summed E-state index contributed by atoms with van der Waals surface area (Å²) < 4.78 is 3.27. The van der Waals surface area contributed by atoms with E-state index < -0.39 is 35.0 Å². The highest BCUT2D eigenvalue weighted by atomic mass is 16.3. The van der Waals surface area contributed by atoms with Crippen LogP contribution in [0.2, 0.25) is 0 Å². The van der Waals surface area contributed by atoms with Crippen LogP contribution < -0.4 is 31.9 Å². The molecule has 11 atom stereocenters. The number of nitrogens with zero attached hydrogens (tertiary/aromatic N) is 6. The minimum Gasteiger partial charge on any atom is -0.378 e. The number of hydrogen-bond donors (Lipinski definition) is 7. The van der Waals surface area contributed by atoms with Crippen molar-refractivity contribution in [2.45, 2.75) is 192 Å². The van der Waals surface area contributed by atoms with Crippen molar-refractivity contribution in [1.82, 2.24) is 50.6 Å². The van der Waals surface area contributed by atoms with E-state index in [4.69, 9.17) is 5.10 Å². The summed E-state index contributed by atoms with van der Waals surface area (Å²) in [6.45, 7) is 12.9. The van der Waals surface area contributed by atoms with Gasteiger partial charge in [0.05, 0.1) is 10.8 Å². The number of aliphatic hydroxyl groups excluding tert-OH is 1. The Kier molecular flexibility index (Phi) is 17.4. The van der Waals surface area contributed by atoms with Crippen molar-refractivity contribution in [1.29, 1.82) is 0 Å². The maximum Gasteiger partial charge on any atom is 0.270 e. The molecule has 6 amide bonds. The van der Waals surface area contributed by atoms with Gasteiger partial charge in [-0.2, -0.15) is 10.2 Å². The van der Waals surface area contributed by atoms with E-state index in [1.807, 2.05) is 48.5 Å². The second kappa shape index (κ2) is 24.7. The Morgan fingerprint density at radius 1 is 0.625 bits per heavy atom. The Labute approximate surface area is 519 Å². The van der Waals surface area contributed by atoms with Crippen LogP contribution in [0, 0.1) is 52.3 Å². The van der Waals surface area contributed by atoms with Crippen molar-refractivity contribution >= 4 is 46.8 Å². The van der Waals surface area contributed by atoms with E-state index in [1.165, 1.54) is 17.5 Å². The molecule has 0 radical (unpaired) electrons. The number of hydrogen-bond acceptors (Lipinski definition) is 11. The number of aromatic nitrogens is 4. The average molecular weight is 1210 g/mol. The standard InChI is InChI=1S/C69H96N12O7/c1-42(45-12-8-13-45)72-64(87)68(32-36-78(6)40-68)50-18-11-19-52(38-50)75-62(85)58(56(47-16-10-17-47)66(4)28-29-66)76-61(84)55-27-35-71-81(55)39-48-20-25-53(48)57(67(5)30-31-67)59(77-60(83)54-26-34-70-79(54)7)63(86)74-51-23-21-49(22-24-51)69(33-37-80(41-69)44(3)82)65(88)73-43(2)46-14-9-15-46/h11,18-19,21-24,26-27,34-35,38,42-43,45-48,53,56-59,65,73,88H,8-10,12-17,20,25,28-33,36-37,39-41H2,1-7H3,(H,72,87)(H,74,86)(H,75,85)(H,76,84)(H,77,83)/t42?,43?,48?,53?,56-,57?,58-,59-,65?,68?,69?/m0/s1. The SMILES string of the molecule is CC(=O)N1CCC(c2ccc(NC(=O)[C@@H](NC(=O)c3ccnn3C)C(C3CCC3Cn3nccc3C(=O)N[C@H](C(=O)Nc3cccc(C4(C(=O)NC(C)C5CCC5)CCN(C)C4)c3)[C@H](C3CCC3)C3(C)CC3)C3(C)CC3)cc2)(C(O)NC(C)C2CCC2)C1. The highest BCUT2D eigenvalue weighted by molar-refractivity contribution is 6.02. The molecule has 19 nitrogen and oxygen atoms in total. The summed E-state index contributed by atoms with van der Waals surface area (Å²) in [5.41, 5.74) is 1.68. The van der Waals surface area contributed by atoms with E-state index in [9.17, 15) is 19.5 Å². The van der Waals surface area contributed by atoms with Gasteiger partial charge >= 0.3 is 0 Å². The largest absolute Gasteiger partial charge is 0.378 e. The Hall–Kier alpha value is -6.44. The van der Waals surface area contributed by atoms with E-state index in [-0.39, 0.29) is 82.0 Å². The lowest BCUT2D eigenvalue weighted by molar-refractivity contribution is -0.128. The molecule has 88 heavy (non-hydrogen) atoms. The number of anilines is 2. The summed E-state index contributed by atoms with van der Waals surface area (Å²) in [6, 6.07) is 17.2. The van der Waals surface area contributed by atoms with Crippen molar-refractivity contribution in [3.8, 4) is 0 Å². The monoisotopic (exact) mass is 1200 g/mol. The van der Waals surface area contributed by atoms with Crippen LogP contribution in [0.25, 0.3) is 0 Å². The van der Waals surface area contributed by atoms with Crippen LogP contribution in [-0.4, -0.2) is 134 Å². The minimum atomic E-state index is -0.942. The molecule has 4 heterocycles. The number of carbonyl (C=O) groups is 6. The first-order valence-corrected chi connectivity index (χ1v) is 33.3. The van der Waals surface area contributed by atoms with Gasteiger partial charge < -0.3 is 41.5 Å². The van der Waals surface area contributed by atoms with Gasteiger partial charge in [0.2, 0.25) is 23.6 Å². The first kappa shape index (κ1) is 61.8. The number of benzene rings is 2. The quantitative estimate of drug-likeness (QED) is 0.0315. The molecule has 6 saturated carbocycles. The van der Waals surface area contributed by atoms with Gasteiger partial charge in [-0.05, 0) is 204 Å². The molecule has 0 bridgehead atoms. The van der Waals surface area contributed by atoms with E-state index in [0.717, 1.165) is 101 Å². The molecule has 12 rings (SSSR count). The lowest BCUT2D eigenvalue weighted by Gasteiger charge is -2.47. The number of rotatable bonds is 25. The molecule has 2 aliphatic heterocycles. The summed E-state index contributed by atoms with van der Waals surface area (Å²) in [5, 5.41) is 40.9. The van der Waals surface area contributed by atoms with Gasteiger partial charge in [0.1, 0.15) is 29.7 Å². The predicted molar refractivity (Wildman–Crippen MR) is 337 cm³/mol. The highest BCUT2D eigenvalue weighted by Crippen LogP contribution is 2.61. The fourth-order valence-corrected chi connectivity index (χ4v) is 16.5. The van der Waals surface area contributed by atoms with Crippen molar-refractivity contribution in [3.63, 3.8) is 0 Å². The molecule has 8 fully saturated rings. The molecule has 6 aliphatic carbocycles. The van der Waals surface area contributed by atoms with Crippen LogP contribution in [0.4, 0.5) is 11.4 Å². The molecular formula is C69H96N12O7. The number of amides is 6. The van der Waals surface area contributed by atoms with Crippen molar-refractivity contribution in [2.75, 3.05) is 43.9 Å². The van der Waals surface area contributed by atoms with Gasteiger partial charge in [-0.1, -0.05) is 70.2 Å². The molecule has 19 heteroatoms. The number of likely N-dealkylation sites (tertiary alicyclic amines) is 2. The molecule has 474 valence electrons. The molecule has 4 aromatic rings. The zero-order valence-corrected chi connectivity index (χ0v) is 53.0. The Bertz CT molecular complexity index is 3230. The van der Waals surface area contributed by atoms with Gasteiger partial charge in [0.15, 0.2) is 0 Å². The number of likely N-dealkylation sites (N-methyl/N-ethyl adjacent to an activating group) is 1. The van der Waals surface area contributed by atoms with Crippen LogP contribution in [0.5, 0.6) is 0 Å². The summed E-state index contributed by atoms with van der Waals surface area (Å²) >= 11 is 0. The lowest BCUT2D eigenvalue weighted by Crippen LogP contribution is -2.56. The van der Waals surface area contributed by atoms with E-state index in [2.05, 4.69) is 76.6 Å². The van der Waals surface area contributed by atoms with Crippen molar-refractivity contribution in [3.05, 3.63) is 95.6 Å². The molecule has 2 aromatic heterocycles. The predicted octanol–water partition coefficient (Wildman–Crippen LogP) is 7.91. The second-order valence-electron chi connectivity index (χ2n) is 29.2. The van der Waals surface area contributed by atoms with Gasteiger partial charge in [-0.3, -0.25) is 43.4 Å². The molecule has 2 aromatic carbocycles. The topological polar surface area (TPSA) is 237 Å². The van der Waals surface area contributed by atoms with E-state index in [0.29, 0.717) is 73.6 Å². The number of aryl methyl sites for hydroxylation is 1. The Balaban J connectivity index is 0.775. The summed E-state index contributed by atoms with van der Waals surface area (Å²) in [7, 11) is 3.76. The summed E-state index contributed by atoms with van der Waals surface area (Å²) in [6.07, 6.45) is 18.9. The van der Waals surface area contributed by atoms with Crippen LogP contribution >= 0.6 is 0 Å². The number of aliphatic hydroxyl groups is 1. The zero-order valence-electron chi connectivity index (χ0n) is 53.0. The first-order chi connectivity index (χ1) is 42.2. The molecule has 7 N–H and O–H groups in total. The molecule has 0 spiro atoms. The van der Waals surface area contributed by atoms with Crippen LogP contribution in [0.3, 0.4) is 0 Å². The summed E-state index contributed by atoms with van der Waals surface area (Å²) in [5.74, 6) is -0.486. The van der Waals surface area contributed by atoms with Gasteiger partial charge in [0.25, 0.3) is 11.8 Å². The van der Waals surface area contributed by atoms with Gasteiger partial charge in [-0.15, -0.1) is 0 Å².